The van der Waals surface area contributed by atoms with Crippen LogP contribution in [0.4, 0.5) is 8.78 Å². The Morgan fingerprint density at radius 2 is 1.76 bits per heavy atom. The normalized spacial score (nSPS) is 10.7. The maximum Gasteiger partial charge on any atom is 0.280 e. The third-order valence-electron chi connectivity index (χ3n) is 3.75. The number of carbonyl (C=O) groups excluding carboxylic acids is 1. The van der Waals surface area contributed by atoms with Crippen molar-refractivity contribution in [2.75, 3.05) is 0 Å². The maximum absolute atomic E-state index is 14.3. The molecule has 0 radical (unpaired) electrons. The molecule has 0 fully saturated rings. The van der Waals surface area contributed by atoms with E-state index in [1.165, 1.54) is 36.5 Å². The van der Waals surface area contributed by atoms with E-state index in [4.69, 9.17) is 11.5 Å². The summed E-state index contributed by atoms with van der Waals surface area (Å²) in [4.78, 5) is 19.8. The summed E-state index contributed by atoms with van der Waals surface area (Å²) < 4.78 is 28.6. The number of nitrogens with zero attached hydrogens (tertiary/aromatic N) is 2. The van der Waals surface area contributed by atoms with E-state index < -0.39 is 17.5 Å². The molecule has 0 bridgehead atoms. The summed E-state index contributed by atoms with van der Waals surface area (Å²) in [5, 5.41) is 0.431. The number of nitrogens with two attached hydrogens (primary N) is 2. The highest BCUT2D eigenvalue weighted by Gasteiger charge is 2.18. The van der Waals surface area contributed by atoms with Gasteiger partial charge in [0.1, 0.15) is 11.6 Å². The summed E-state index contributed by atoms with van der Waals surface area (Å²) in [5.41, 5.74) is 11.9. The SMILES string of the molecule is Cc1cnc2ccc(C(=O)N=C(N)N)cc2c1-c1c(F)cccc1F. The van der Waals surface area contributed by atoms with Crippen molar-refractivity contribution in [2.24, 2.45) is 16.5 Å². The Labute approximate surface area is 142 Å². The van der Waals surface area contributed by atoms with Gasteiger partial charge in [0.2, 0.25) is 0 Å². The van der Waals surface area contributed by atoms with Crippen molar-refractivity contribution in [1.82, 2.24) is 4.98 Å². The number of fused-ring (bicyclic) bond motifs is 1. The number of benzene rings is 2. The molecule has 0 spiro atoms. The summed E-state index contributed by atoms with van der Waals surface area (Å²) in [7, 11) is 0. The molecule has 1 amide bonds. The number of carbonyl (C=O) groups is 1. The molecule has 2 aromatic carbocycles. The number of guanidine groups is 1. The Hall–Kier alpha value is -3.35. The van der Waals surface area contributed by atoms with Gasteiger partial charge in [-0.15, -0.1) is 0 Å². The van der Waals surface area contributed by atoms with E-state index in [2.05, 4.69) is 9.98 Å². The molecule has 3 aromatic rings. The van der Waals surface area contributed by atoms with Gasteiger partial charge in [0, 0.05) is 22.7 Å². The highest BCUT2D eigenvalue weighted by Crippen LogP contribution is 2.34. The molecule has 1 heterocycles. The van der Waals surface area contributed by atoms with E-state index >= 15 is 0 Å². The molecule has 0 aliphatic rings. The van der Waals surface area contributed by atoms with Gasteiger partial charge >= 0.3 is 0 Å². The molecule has 0 aliphatic heterocycles. The number of hydrogen-bond donors (Lipinski definition) is 2. The average molecular weight is 340 g/mol. The fraction of sp³-hybridized carbons (Fsp3) is 0.0556. The van der Waals surface area contributed by atoms with Gasteiger partial charge in [0.25, 0.3) is 5.91 Å². The van der Waals surface area contributed by atoms with Gasteiger partial charge < -0.3 is 11.5 Å². The predicted octanol–water partition coefficient (Wildman–Crippen LogP) is 2.90. The Morgan fingerprint density at radius 3 is 2.40 bits per heavy atom. The molecule has 0 saturated heterocycles. The molecule has 126 valence electrons. The van der Waals surface area contributed by atoms with E-state index in [-0.39, 0.29) is 17.1 Å². The van der Waals surface area contributed by atoms with Crippen LogP contribution < -0.4 is 11.5 Å². The summed E-state index contributed by atoms with van der Waals surface area (Å²) >= 11 is 0. The third-order valence-corrected chi connectivity index (χ3v) is 3.75. The summed E-state index contributed by atoms with van der Waals surface area (Å²) in [6, 6.07) is 8.20. The van der Waals surface area contributed by atoms with Gasteiger partial charge in [-0.1, -0.05) is 6.07 Å². The third kappa shape index (κ3) is 3.03. The maximum atomic E-state index is 14.3. The number of pyridine rings is 1. The zero-order valence-electron chi connectivity index (χ0n) is 13.3. The number of rotatable bonds is 2. The number of aromatic nitrogens is 1. The Bertz CT molecular complexity index is 1010. The monoisotopic (exact) mass is 340 g/mol. The molecule has 7 heteroatoms. The molecular weight excluding hydrogens is 326 g/mol. The number of aliphatic imine (C=N–C) groups is 1. The summed E-state index contributed by atoms with van der Waals surface area (Å²) in [6.45, 7) is 1.69. The van der Waals surface area contributed by atoms with E-state index in [0.29, 0.717) is 22.0 Å². The number of hydrogen-bond acceptors (Lipinski definition) is 2. The fourth-order valence-corrected chi connectivity index (χ4v) is 2.68. The fourth-order valence-electron chi connectivity index (χ4n) is 2.68. The van der Waals surface area contributed by atoms with Gasteiger partial charge in [0.15, 0.2) is 5.96 Å². The quantitative estimate of drug-likeness (QED) is 0.554. The van der Waals surface area contributed by atoms with Crippen LogP contribution in [0.15, 0.2) is 47.6 Å². The summed E-state index contributed by atoms with van der Waals surface area (Å²) in [6.07, 6.45) is 1.53. The standard InChI is InChI=1S/C18H14F2N4O/c1-9-8-23-14-6-5-10(17(25)24-18(21)22)7-11(14)15(9)16-12(19)3-2-4-13(16)20/h2-8H,1H3,(H4,21,22,24,25). The molecule has 0 saturated carbocycles. The zero-order valence-corrected chi connectivity index (χ0v) is 13.3. The van der Waals surface area contributed by atoms with Gasteiger partial charge in [-0.3, -0.25) is 9.78 Å². The van der Waals surface area contributed by atoms with Crippen LogP contribution in [0.1, 0.15) is 15.9 Å². The minimum Gasteiger partial charge on any atom is -0.370 e. The van der Waals surface area contributed by atoms with Crippen molar-refractivity contribution in [3.8, 4) is 11.1 Å². The van der Waals surface area contributed by atoms with Gasteiger partial charge in [0.05, 0.1) is 11.1 Å². The number of amides is 1. The van der Waals surface area contributed by atoms with Crippen molar-refractivity contribution < 1.29 is 13.6 Å². The molecule has 1 aromatic heterocycles. The van der Waals surface area contributed by atoms with E-state index in [0.717, 1.165) is 0 Å². The molecule has 0 aliphatic carbocycles. The Morgan fingerprint density at radius 1 is 1.08 bits per heavy atom. The first-order valence-corrected chi connectivity index (χ1v) is 7.36. The number of halogens is 2. The van der Waals surface area contributed by atoms with Crippen molar-refractivity contribution in [3.05, 3.63) is 65.4 Å². The second-order valence-electron chi connectivity index (χ2n) is 5.49. The van der Waals surface area contributed by atoms with Crippen LogP contribution in [0, 0.1) is 18.6 Å². The lowest BCUT2D eigenvalue weighted by molar-refractivity contribution is 0.100. The first-order valence-electron chi connectivity index (χ1n) is 7.36. The molecule has 0 atom stereocenters. The second kappa shape index (κ2) is 6.27. The van der Waals surface area contributed by atoms with Crippen LogP contribution in [0.2, 0.25) is 0 Å². The smallest absolute Gasteiger partial charge is 0.280 e. The van der Waals surface area contributed by atoms with Crippen LogP contribution in [0.3, 0.4) is 0 Å². The van der Waals surface area contributed by atoms with Gasteiger partial charge in [-0.05, 0) is 42.8 Å². The van der Waals surface area contributed by atoms with Crippen molar-refractivity contribution in [3.63, 3.8) is 0 Å². The highest BCUT2D eigenvalue weighted by atomic mass is 19.1. The molecule has 3 rings (SSSR count). The lowest BCUT2D eigenvalue weighted by Gasteiger charge is -2.12. The molecule has 4 N–H and O–H groups in total. The van der Waals surface area contributed by atoms with Crippen LogP contribution in [0.5, 0.6) is 0 Å². The zero-order chi connectivity index (χ0) is 18.1. The summed E-state index contributed by atoms with van der Waals surface area (Å²) in [5.74, 6) is -2.41. The molecule has 0 unspecified atom stereocenters. The lowest BCUT2D eigenvalue weighted by atomic mass is 9.95. The average Bonchev–Trinajstić information content (AvgIpc) is 2.55. The first kappa shape index (κ1) is 16.5. The molecule has 25 heavy (non-hydrogen) atoms. The van der Waals surface area contributed by atoms with E-state index in [1.54, 1.807) is 13.0 Å². The highest BCUT2D eigenvalue weighted by molar-refractivity contribution is 6.06. The molecular formula is C18H14F2N4O. The lowest BCUT2D eigenvalue weighted by Crippen LogP contribution is -2.24. The molecule has 5 nitrogen and oxygen atoms in total. The van der Waals surface area contributed by atoms with Crippen LogP contribution in [-0.4, -0.2) is 16.9 Å². The predicted molar refractivity (Wildman–Crippen MR) is 92.0 cm³/mol. The Kier molecular flexibility index (Phi) is 4.14. The minimum atomic E-state index is -0.698. The largest absolute Gasteiger partial charge is 0.370 e. The van der Waals surface area contributed by atoms with Crippen molar-refractivity contribution in [1.29, 1.82) is 0 Å². The van der Waals surface area contributed by atoms with E-state index in [9.17, 15) is 13.6 Å². The van der Waals surface area contributed by atoms with E-state index in [1.807, 2.05) is 0 Å². The van der Waals surface area contributed by atoms with Crippen molar-refractivity contribution >= 4 is 22.8 Å². The van der Waals surface area contributed by atoms with Crippen LogP contribution >= 0.6 is 0 Å². The first-order chi connectivity index (χ1) is 11.9. The van der Waals surface area contributed by atoms with Crippen molar-refractivity contribution in [2.45, 2.75) is 6.92 Å². The minimum absolute atomic E-state index is 0.168. The van der Waals surface area contributed by atoms with Crippen LogP contribution in [-0.2, 0) is 0 Å². The second-order valence-corrected chi connectivity index (χ2v) is 5.49. The Balaban J connectivity index is 2.33. The van der Waals surface area contributed by atoms with Gasteiger partial charge in [-0.25, -0.2) is 8.78 Å². The number of aryl methyl sites for hydroxylation is 1. The van der Waals surface area contributed by atoms with Gasteiger partial charge in [-0.2, -0.15) is 4.99 Å². The topological polar surface area (TPSA) is 94.4 Å². The van der Waals surface area contributed by atoms with Crippen LogP contribution in [0.25, 0.3) is 22.0 Å².